The molecule has 0 fully saturated rings. The molecule has 6 heteroatoms. The van der Waals surface area contributed by atoms with E-state index in [1.54, 1.807) is 26.4 Å². The first-order valence-electron chi connectivity index (χ1n) is 9.03. The normalized spacial score (nSPS) is 11.7. The summed E-state index contributed by atoms with van der Waals surface area (Å²) >= 11 is 0. The number of nitrogens with one attached hydrogen (secondary N) is 2. The van der Waals surface area contributed by atoms with Crippen molar-refractivity contribution in [3.63, 3.8) is 0 Å². The van der Waals surface area contributed by atoms with E-state index in [1.165, 1.54) is 12.2 Å². The number of rotatable bonds is 9. The highest BCUT2D eigenvalue weighted by molar-refractivity contribution is 6.02. The Morgan fingerprint density at radius 3 is 1.79 bits per heavy atom. The molecule has 0 spiro atoms. The number of allylic oxidation sites excluding steroid dienone is 3. The topological polar surface area (TPSA) is 79.8 Å². The lowest BCUT2D eigenvalue weighted by molar-refractivity contribution is -0.110. The number of benzene rings is 2. The average Bonchev–Trinajstić information content (AvgIpc) is 2.75. The third kappa shape index (κ3) is 6.17. The molecule has 152 valence electrons. The Morgan fingerprint density at radius 1 is 0.862 bits per heavy atom. The second-order valence-electron chi connectivity index (χ2n) is 6.06. The van der Waals surface area contributed by atoms with Crippen LogP contribution in [0.2, 0.25) is 0 Å². The summed E-state index contributed by atoms with van der Waals surface area (Å²) in [6.45, 7) is 0. The summed E-state index contributed by atoms with van der Waals surface area (Å²) in [6, 6.07) is 11.1. The summed E-state index contributed by atoms with van der Waals surface area (Å²) in [5.41, 5.74) is 3.37. The number of anilines is 2. The van der Waals surface area contributed by atoms with Crippen molar-refractivity contribution in [2.75, 3.05) is 38.9 Å². The van der Waals surface area contributed by atoms with Gasteiger partial charge in [-0.1, -0.05) is 24.3 Å². The lowest BCUT2D eigenvalue weighted by Gasteiger charge is -2.08. The van der Waals surface area contributed by atoms with Gasteiger partial charge in [0.05, 0.1) is 25.6 Å². The molecular formula is C23H26N2O4. The number of methoxy groups -OCH3 is 2. The van der Waals surface area contributed by atoms with Gasteiger partial charge in [0.15, 0.2) is 5.78 Å². The van der Waals surface area contributed by atoms with Crippen LogP contribution in [-0.2, 0) is 4.79 Å². The molecule has 2 aromatic carbocycles. The lowest BCUT2D eigenvalue weighted by Crippen LogP contribution is -1.94. The fraction of sp³-hybridized carbons (Fsp3) is 0.174. The number of hydrogen-bond acceptors (Lipinski definition) is 6. The van der Waals surface area contributed by atoms with E-state index >= 15 is 0 Å². The third-order valence-electron chi connectivity index (χ3n) is 4.17. The van der Waals surface area contributed by atoms with E-state index < -0.39 is 0 Å². The van der Waals surface area contributed by atoms with Gasteiger partial charge < -0.3 is 25.2 Å². The van der Waals surface area contributed by atoms with Crippen molar-refractivity contribution in [3.8, 4) is 11.5 Å². The fourth-order valence-electron chi connectivity index (χ4n) is 2.64. The first-order valence-corrected chi connectivity index (χ1v) is 9.03. The molecule has 0 aromatic heterocycles. The van der Waals surface area contributed by atoms with Gasteiger partial charge >= 0.3 is 0 Å². The van der Waals surface area contributed by atoms with Gasteiger partial charge in [0.25, 0.3) is 0 Å². The molecule has 0 aliphatic rings. The summed E-state index contributed by atoms with van der Waals surface area (Å²) in [6.07, 6.45) is 7.38. The Morgan fingerprint density at radius 2 is 1.34 bits per heavy atom. The first kappa shape index (κ1) is 21.6. The molecule has 0 saturated heterocycles. The van der Waals surface area contributed by atoms with Gasteiger partial charge in [-0.2, -0.15) is 0 Å². The van der Waals surface area contributed by atoms with E-state index in [2.05, 4.69) is 10.6 Å². The van der Waals surface area contributed by atoms with Crippen LogP contribution in [0.3, 0.4) is 0 Å². The second kappa shape index (κ2) is 10.6. The van der Waals surface area contributed by atoms with Crippen molar-refractivity contribution in [3.05, 3.63) is 71.5 Å². The quantitative estimate of drug-likeness (QED) is 0.330. The fourth-order valence-corrected chi connectivity index (χ4v) is 2.64. The molecule has 6 nitrogen and oxygen atoms in total. The third-order valence-corrected chi connectivity index (χ3v) is 4.17. The van der Waals surface area contributed by atoms with Crippen LogP contribution in [0.5, 0.6) is 11.5 Å². The molecule has 29 heavy (non-hydrogen) atoms. The van der Waals surface area contributed by atoms with E-state index in [-0.39, 0.29) is 11.5 Å². The average molecular weight is 394 g/mol. The molecule has 0 aliphatic heterocycles. The Balaban J connectivity index is 2.06. The molecular weight excluding hydrogens is 368 g/mol. The standard InChI is InChI=1S/C23H26N2O4/c1-24-20-11-7-16(13-22(20)28-3)5-9-18(26)15-19(27)10-6-17-8-12-21(25-2)23(14-17)29-4/h5-15,24-26H,1-4H3/b9-5+,10-6+,18-15-. The van der Waals surface area contributed by atoms with Crippen molar-refractivity contribution < 1.29 is 19.4 Å². The van der Waals surface area contributed by atoms with Gasteiger partial charge in [-0.25, -0.2) is 0 Å². The maximum Gasteiger partial charge on any atom is 0.182 e. The molecule has 0 unspecified atom stereocenters. The number of ketones is 1. The zero-order chi connectivity index (χ0) is 21.2. The minimum absolute atomic E-state index is 0.139. The van der Waals surface area contributed by atoms with Crippen LogP contribution < -0.4 is 20.1 Å². The van der Waals surface area contributed by atoms with E-state index in [0.717, 1.165) is 28.6 Å². The second-order valence-corrected chi connectivity index (χ2v) is 6.06. The molecule has 2 rings (SSSR count). The molecule has 0 atom stereocenters. The number of carbonyl (C=O) groups is 1. The van der Waals surface area contributed by atoms with Gasteiger partial charge in [-0.15, -0.1) is 0 Å². The lowest BCUT2D eigenvalue weighted by atomic mass is 10.1. The summed E-state index contributed by atoms with van der Waals surface area (Å²) in [7, 11) is 6.80. The maximum absolute atomic E-state index is 12.1. The molecule has 0 heterocycles. The molecule has 0 amide bonds. The van der Waals surface area contributed by atoms with Crippen LogP contribution in [0.1, 0.15) is 11.1 Å². The van der Waals surface area contributed by atoms with E-state index in [4.69, 9.17) is 9.47 Å². The van der Waals surface area contributed by atoms with Crippen LogP contribution in [-0.4, -0.2) is 39.2 Å². The van der Waals surface area contributed by atoms with E-state index in [1.807, 2.05) is 50.5 Å². The molecule has 0 radical (unpaired) electrons. The molecule has 0 saturated carbocycles. The molecule has 0 aliphatic carbocycles. The molecule has 2 aromatic rings. The van der Waals surface area contributed by atoms with Crippen molar-refractivity contribution in [2.45, 2.75) is 0 Å². The predicted octanol–water partition coefficient (Wildman–Crippen LogP) is 4.52. The number of hydrogen-bond donors (Lipinski definition) is 3. The highest BCUT2D eigenvalue weighted by Gasteiger charge is 2.03. The zero-order valence-electron chi connectivity index (χ0n) is 17.0. The summed E-state index contributed by atoms with van der Waals surface area (Å²) in [5.74, 6) is 0.909. The zero-order valence-corrected chi connectivity index (χ0v) is 17.0. The smallest absolute Gasteiger partial charge is 0.182 e. The minimum Gasteiger partial charge on any atom is -0.508 e. The minimum atomic E-state index is -0.327. The van der Waals surface area contributed by atoms with E-state index in [0.29, 0.717) is 11.5 Å². The number of carbonyl (C=O) groups excluding carboxylic acids is 1. The van der Waals surface area contributed by atoms with Crippen molar-refractivity contribution in [2.24, 2.45) is 0 Å². The van der Waals surface area contributed by atoms with E-state index in [9.17, 15) is 9.90 Å². The Labute approximate surface area is 171 Å². The number of aliphatic hydroxyl groups excluding tert-OH is 1. The first-order chi connectivity index (χ1) is 14.0. The van der Waals surface area contributed by atoms with Crippen LogP contribution in [0.4, 0.5) is 11.4 Å². The van der Waals surface area contributed by atoms with Crippen molar-refractivity contribution >= 4 is 29.3 Å². The monoisotopic (exact) mass is 394 g/mol. The summed E-state index contributed by atoms with van der Waals surface area (Å²) in [5, 5.41) is 16.1. The maximum atomic E-state index is 12.1. The van der Waals surface area contributed by atoms with Gasteiger partial charge in [-0.3, -0.25) is 4.79 Å². The number of aliphatic hydroxyl groups is 1. The largest absolute Gasteiger partial charge is 0.508 e. The highest BCUT2D eigenvalue weighted by atomic mass is 16.5. The SMILES string of the molecule is CNc1ccc(/C=C/C(=O)/C=C(O)/C=C/c2ccc(NC)c(OC)c2)cc1OC. The summed E-state index contributed by atoms with van der Waals surface area (Å²) in [4.78, 5) is 12.1. The van der Waals surface area contributed by atoms with Crippen LogP contribution in [0.25, 0.3) is 12.2 Å². The Bertz CT molecular complexity index is 946. The summed E-state index contributed by atoms with van der Waals surface area (Å²) < 4.78 is 10.6. The van der Waals surface area contributed by atoms with Crippen molar-refractivity contribution in [1.29, 1.82) is 0 Å². The highest BCUT2D eigenvalue weighted by Crippen LogP contribution is 2.26. The van der Waals surface area contributed by atoms with Crippen LogP contribution in [0, 0.1) is 0 Å². The Hall–Kier alpha value is -3.67. The van der Waals surface area contributed by atoms with Gasteiger partial charge in [0.1, 0.15) is 17.3 Å². The van der Waals surface area contributed by atoms with Crippen LogP contribution >= 0.6 is 0 Å². The number of ether oxygens (including phenoxy) is 2. The Kier molecular flexibility index (Phi) is 7.91. The van der Waals surface area contributed by atoms with Gasteiger partial charge in [0, 0.05) is 20.2 Å². The predicted molar refractivity (Wildman–Crippen MR) is 119 cm³/mol. The van der Waals surface area contributed by atoms with Crippen LogP contribution in [0.15, 0.2) is 60.4 Å². The van der Waals surface area contributed by atoms with Gasteiger partial charge in [0.2, 0.25) is 0 Å². The van der Waals surface area contributed by atoms with Gasteiger partial charge in [-0.05, 0) is 47.5 Å². The van der Waals surface area contributed by atoms with Crippen molar-refractivity contribution in [1.82, 2.24) is 0 Å². The molecule has 3 N–H and O–H groups in total. The molecule has 0 bridgehead atoms.